The standard InChI is InChI=1S/C22H25N3O4/c1-5-29-21-10-16-17(11-20(21)28-4)23-13-24-22(16)25-7-6-14-8-18(26-2)19(27-3)9-15(14)12-25/h8-11,13H,5-7,12H2,1-4H3. The Balaban J connectivity index is 1.75. The minimum atomic E-state index is 0.559. The Bertz CT molecular complexity index is 1040. The second-order valence-electron chi connectivity index (χ2n) is 6.80. The molecule has 1 aliphatic rings. The molecule has 2 aromatic carbocycles. The first kappa shape index (κ1) is 19.1. The molecule has 29 heavy (non-hydrogen) atoms. The van der Waals surface area contributed by atoms with Crippen molar-refractivity contribution >= 4 is 16.7 Å². The third-order valence-electron chi connectivity index (χ3n) is 5.22. The van der Waals surface area contributed by atoms with Gasteiger partial charge >= 0.3 is 0 Å². The van der Waals surface area contributed by atoms with Crippen molar-refractivity contribution in [1.82, 2.24) is 9.97 Å². The summed E-state index contributed by atoms with van der Waals surface area (Å²) in [4.78, 5) is 11.3. The maximum atomic E-state index is 5.76. The van der Waals surface area contributed by atoms with Gasteiger partial charge in [-0.15, -0.1) is 0 Å². The van der Waals surface area contributed by atoms with E-state index in [-0.39, 0.29) is 0 Å². The molecule has 0 unspecified atom stereocenters. The summed E-state index contributed by atoms with van der Waals surface area (Å²) >= 11 is 0. The van der Waals surface area contributed by atoms with E-state index in [0.717, 1.165) is 47.7 Å². The van der Waals surface area contributed by atoms with Crippen molar-refractivity contribution in [2.24, 2.45) is 0 Å². The number of ether oxygens (including phenoxy) is 4. The fraction of sp³-hybridized carbons (Fsp3) is 0.364. The lowest BCUT2D eigenvalue weighted by Crippen LogP contribution is -2.31. The number of hydrogen-bond donors (Lipinski definition) is 0. The van der Waals surface area contributed by atoms with Gasteiger partial charge in [-0.05, 0) is 42.7 Å². The van der Waals surface area contributed by atoms with Crippen LogP contribution in [0.5, 0.6) is 23.0 Å². The zero-order valence-electron chi connectivity index (χ0n) is 17.2. The number of benzene rings is 2. The van der Waals surface area contributed by atoms with Gasteiger partial charge in [-0.2, -0.15) is 0 Å². The van der Waals surface area contributed by atoms with Gasteiger partial charge in [-0.3, -0.25) is 0 Å². The molecule has 1 aliphatic heterocycles. The van der Waals surface area contributed by atoms with Gasteiger partial charge in [0.1, 0.15) is 12.1 Å². The predicted octanol–water partition coefficient (Wildman–Crippen LogP) is 3.62. The molecular weight excluding hydrogens is 370 g/mol. The fourth-order valence-electron chi connectivity index (χ4n) is 3.79. The quantitative estimate of drug-likeness (QED) is 0.632. The van der Waals surface area contributed by atoms with Crippen LogP contribution in [0, 0.1) is 0 Å². The van der Waals surface area contributed by atoms with E-state index in [9.17, 15) is 0 Å². The molecule has 7 heteroatoms. The molecule has 1 aromatic heterocycles. The van der Waals surface area contributed by atoms with Crippen LogP contribution in [0.25, 0.3) is 10.9 Å². The Morgan fingerprint density at radius 1 is 0.862 bits per heavy atom. The van der Waals surface area contributed by atoms with Gasteiger partial charge in [0.05, 0.1) is 33.5 Å². The molecule has 0 bridgehead atoms. The zero-order valence-corrected chi connectivity index (χ0v) is 17.2. The number of methoxy groups -OCH3 is 3. The van der Waals surface area contributed by atoms with Crippen LogP contribution in [0.1, 0.15) is 18.1 Å². The molecular formula is C22H25N3O4. The van der Waals surface area contributed by atoms with E-state index in [1.54, 1.807) is 27.7 Å². The molecule has 2 heterocycles. The maximum absolute atomic E-state index is 5.76. The maximum Gasteiger partial charge on any atom is 0.162 e. The van der Waals surface area contributed by atoms with E-state index in [4.69, 9.17) is 18.9 Å². The summed E-state index contributed by atoms with van der Waals surface area (Å²) in [5, 5.41) is 0.945. The van der Waals surface area contributed by atoms with Gasteiger partial charge in [-0.1, -0.05) is 0 Å². The molecule has 0 N–H and O–H groups in total. The Kier molecular flexibility index (Phi) is 5.29. The molecule has 152 valence electrons. The number of fused-ring (bicyclic) bond motifs is 2. The topological polar surface area (TPSA) is 65.9 Å². The van der Waals surface area contributed by atoms with Gasteiger partial charge in [0, 0.05) is 24.5 Å². The number of nitrogens with zero attached hydrogens (tertiary/aromatic N) is 3. The molecule has 0 radical (unpaired) electrons. The van der Waals surface area contributed by atoms with Gasteiger partial charge < -0.3 is 23.8 Å². The highest BCUT2D eigenvalue weighted by Gasteiger charge is 2.22. The minimum Gasteiger partial charge on any atom is -0.493 e. The Labute approximate surface area is 170 Å². The van der Waals surface area contributed by atoms with Crippen LogP contribution in [0.2, 0.25) is 0 Å². The van der Waals surface area contributed by atoms with Gasteiger partial charge in [0.2, 0.25) is 0 Å². The van der Waals surface area contributed by atoms with Crippen molar-refractivity contribution in [1.29, 1.82) is 0 Å². The molecule has 0 amide bonds. The van der Waals surface area contributed by atoms with Gasteiger partial charge in [0.15, 0.2) is 23.0 Å². The van der Waals surface area contributed by atoms with Crippen LogP contribution in [0.4, 0.5) is 5.82 Å². The molecule has 4 rings (SSSR count). The van der Waals surface area contributed by atoms with E-state index in [2.05, 4.69) is 27.0 Å². The van der Waals surface area contributed by atoms with Crippen LogP contribution in [0.3, 0.4) is 0 Å². The van der Waals surface area contributed by atoms with Crippen molar-refractivity contribution in [2.45, 2.75) is 19.9 Å². The van der Waals surface area contributed by atoms with E-state index < -0.39 is 0 Å². The first-order chi connectivity index (χ1) is 14.2. The van der Waals surface area contributed by atoms with E-state index in [0.29, 0.717) is 18.1 Å². The number of rotatable bonds is 6. The molecule has 0 fully saturated rings. The Hall–Kier alpha value is -3.22. The number of aromatic nitrogens is 2. The third-order valence-corrected chi connectivity index (χ3v) is 5.22. The lowest BCUT2D eigenvalue weighted by atomic mass is 9.98. The second-order valence-corrected chi connectivity index (χ2v) is 6.80. The lowest BCUT2D eigenvalue weighted by molar-refractivity contribution is 0.311. The first-order valence-corrected chi connectivity index (χ1v) is 9.62. The van der Waals surface area contributed by atoms with Crippen molar-refractivity contribution in [3.05, 3.63) is 41.7 Å². The van der Waals surface area contributed by atoms with Crippen LogP contribution < -0.4 is 23.8 Å². The van der Waals surface area contributed by atoms with E-state index >= 15 is 0 Å². The van der Waals surface area contributed by atoms with Crippen LogP contribution >= 0.6 is 0 Å². The summed E-state index contributed by atoms with van der Waals surface area (Å²) in [5.41, 5.74) is 3.31. The van der Waals surface area contributed by atoms with Crippen molar-refractivity contribution in [3.63, 3.8) is 0 Å². The average Bonchev–Trinajstić information content (AvgIpc) is 2.77. The molecule has 0 atom stereocenters. The summed E-state index contributed by atoms with van der Waals surface area (Å²) in [5.74, 6) is 3.76. The molecule has 0 aliphatic carbocycles. The molecule has 0 saturated carbocycles. The highest BCUT2D eigenvalue weighted by Crippen LogP contribution is 2.38. The number of hydrogen-bond acceptors (Lipinski definition) is 7. The third kappa shape index (κ3) is 3.48. The van der Waals surface area contributed by atoms with Crippen LogP contribution in [0.15, 0.2) is 30.6 Å². The summed E-state index contributed by atoms with van der Waals surface area (Å²) in [6, 6.07) is 7.99. The molecule has 7 nitrogen and oxygen atoms in total. The van der Waals surface area contributed by atoms with E-state index in [1.165, 1.54) is 11.1 Å². The highest BCUT2D eigenvalue weighted by molar-refractivity contribution is 5.92. The molecule has 0 saturated heterocycles. The van der Waals surface area contributed by atoms with Crippen molar-refractivity contribution < 1.29 is 18.9 Å². The largest absolute Gasteiger partial charge is 0.493 e. The lowest BCUT2D eigenvalue weighted by Gasteiger charge is -2.31. The Morgan fingerprint density at radius 3 is 2.24 bits per heavy atom. The SMILES string of the molecule is CCOc1cc2c(N3CCc4cc(OC)c(OC)cc4C3)ncnc2cc1OC. The van der Waals surface area contributed by atoms with Crippen molar-refractivity contribution in [2.75, 3.05) is 39.4 Å². The Morgan fingerprint density at radius 2 is 1.55 bits per heavy atom. The predicted molar refractivity (Wildman–Crippen MR) is 112 cm³/mol. The van der Waals surface area contributed by atoms with E-state index in [1.807, 2.05) is 19.1 Å². The van der Waals surface area contributed by atoms with Crippen LogP contribution in [-0.4, -0.2) is 44.4 Å². The van der Waals surface area contributed by atoms with Gasteiger partial charge in [-0.25, -0.2) is 9.97 Å². The monoisotopic (exact) mass is 395 g/mol. The highest BCUT2D eigenvalue weighted by atomic mass is 16.5. The van der Waals surface area contributed by atoms with Gasteiger partial charge in [0.25, 0.3) is 0 Å². The fourth-order valence-corrected chi connectivity index (χ4v) is 3.79. The summed E-state index contributed by atoms with van der Waals surface area (Å²) in [7, 11) is 4.96. The summed E-state index contributed by atoms with van der Waals surface area (Å²) in [6.45, 7) is 4.10. The molecule has 0 spiro atoms. The zero-order chi connectivity index (χ0) is 20.4. The summed E-state index contributed by atoms with van der Waals surface area (Å²) < 4.78 is 22.1. The smallest absolute Gasteiger partial charge is 0.162 e. The normalized spacial score (nSPS) is 13.2. The average molecular weight is 395 g/mol. The summed E-state index contributed by atoms with van der Waals surface area (Å²) in [6.07, 6.45) is 2.50. The first-order valence-electron chi connectivity index (χ1n) is 9.62. The second kappa shape index (κ2) is 8.03. The number of anilines is 1. The van der Waals surface area contributed by atoms with Crippen LogP contribution in [-0.2, 0) is 13.0 Å². The molecule has 3 aromatic rings. The minimum absolute atomic E-state index is 0.559. The van der Waals surface area contributed by atoms with Crippen molar-refractivity contribution in [3.8, 4) is 23.0 Å².